The van der Waals surface area contributed by atoms with Crippen molar-refractivity contribution in [3.63, 3.8) is 0 Å². The number of hydrogen-bond donors (Lipinski definition) is 1. The Morgan fingerprint density at radius 1 is 1.11 bits per heavy atom. The van der Waals surface area contributed by atoms with Crippen LogP contribution in [-0.2, 0) is 6.54 Å². The molecule has 1 aliphatic heterocycles. The van der Waals surface area contributed by atoms with E-state index in [1.807, 2.05) is 4.90 Å². The zero-order chi connectivity index (χ0) is 14.0. The van der Waals surface area contributed by atoms with E-state index in [2.05, 4.69) is 18.7 Å². The third-order valence-corrected chi connectivity index (χ3v) is 3.75. The van der Waals surface area contributed by atoms with Gasteiger partial charge < -0.3 is 10.6 Å². The number of anilines is 1. The molecule has 1 heterocycles. The summed E-state index contributed by atoms with van der Waals surface area (Å²) in [5.74, 6) is -1.59. The molecule has 0 atom stereocenters. The first-order valence-corrected chi connectivity index (χ1v) is 6.70. The largest absolute Gasteiger partial charge is 0.367 e. The van der Waals surface area contributed by atoms with Crippen LogP contribution in [0.5, 0.6) is 0 Å². The van der Waals surface area contributed by atoms with E-state index in [1.165, 1.54) is 0 Å². The van der Waals surface area contributed by atoms with Crippen molar-refractivity contribution < 1.29 is 8.78 Å². The Hall–Kier alpha value is -1.20. The number of piperazine rings is 1. The van der Waals surface area contributed by atoms with Crippen LogP contribution in [0.2, 0.25) is 0 Å². The summed E-state index contributed by atoms with van der Waals surface area (Å²) in [7, 11) is 0. The van der Waals surface area contributed by atoms with Crippen LogP contribution in [0, 0.1) is 11.6 Å². The van der Waals surface area contributed by atoms with E-state index in [0.717, 1.165) is 26.2 Å². The van der Waals surface area contributed by atoms with Gasteiger partial charge in [-0.15, -0.1) is 0 Å². The van der Waals surface area contributed by atoms with Gasteiger partial charge in [0.1, 0.15) is 0 Å². The molecule has 106 valence electrons. The van der Waals surface area contributed by atoms with Crippen molar-refractivity contribution in [2.45, 2.75) is 26.4 Å². The molecule has 3 nitrogen and oxygen atoms in total. The Morgan fingerprint density at radius 3 is 2.26 bits per heavy atom. The van der Waals surface area contributed by atoms with E-state index in [0.29, 0.717) is 11.7 Å². The van der Waals surface area contributed by atoms with Gasteiger partial charge in [-0.2, -0.15) is 0 Å². The highest BCUT2D eigenvalue weighted by Gasteiger charge is 2.23. The molecule has 1 aromatic rings. The molecule has 0 amide bonds. The lowest BCUT2D eigenvalue weighted by molar-refractivity contribution is 0.209. The zero-order valence-corrected chi connectivity index (χ0v) is 11.5. The Bertz CT molecular complexity index is 441. The SMILES string of the molecule is CC(C)N1CCN(c2ccc(CN)c(F)c2F)CC1. The summed E-state index contributed by atoms with van der Waals surface area (Å²) in [5, 5.41) is 0. The van der Waals surface area contributed by atoms with Crippen LogP contribution in [0.15, 0.2) is 12.1 Å². The monoisotopic (exact) mass is 269 g/mol. The van der Waals surface area contributed by atoms with Gasteiger partial charge in [0.25, 0.3) is 0 Å². The van der Waals surface area contributed by atoms with E-state index in [-0.39, 0.29) is 12.1 Å². The van der Waals surface area contributed by atoms with E-state index < -0.39 is 11.6 Å². The zero-order valence-electron chi connectivity index (χ0n) is 11.5. The fourth-order valence-corrected chi connectivity index (χ4v) is 2.46. The molecule has 1 aromatic carbocycles. The van der Waals surface area contributed by atoms with Crippen LogP contribution in [-0.4, -0.2) is 37.1 Å². The molecule has 2 N–H and O–H groups in total. The van der Waals surface area contributed by atoms with E-state index >= 15 is 0 Å². The van der Waals surface area contributed by atoms with Gasteiger partial charge in [0, 0.05) is 44.3 Å². The molecule has 0 aliphatic carbocycles. The molecule has 1 aliphatic rings. The normalized spacial score (nSPS) is 17.3. The van der Waals surface area contributed by atoms with Crippen LogP contribution in [0.25, 0.3) is 0 Å². The second-order valence-corrected chi connectivity index (χ2v) is 5.19. The maximum Gasteiger partial charge on any atom is 0.182 e. The molecular weight excluding hydrogens is 248 g/mol. The first-order chi connectivity index (χ1) is 9.04. The minimum Gasteiger partial charge on any atom is -0.367 e. The second kappa shape index (κ2) is 5.84. The summed E-state index contributed by atoms with van der Waals surface area (Å²) in [6.45, 7) is 7.49. The van der Waals surface area contributed by atoms with Crippen LogP contribution < -0.4 is 10.6 Å². The summed E-state index contributed by atoms with van der Waals surface area (Å²) in [6.07, 6.45) is 0. The third kappa shape index (κ3) is 2.87. The molecule has 0 saturated carbocycles. The molecule has 0 aromatic heterocycles. The number of nitrogens with zero attached hydrogens (tertiary/aromatic N) is 2. The molecule has 0 bridgehead atoms. The standard InChI is InChI=1S/C14H21F2N3/c1-10(2)18-5-7-19(8-6-18)12-4-3-11(9-17)13(15)14(12)16/h3-4,10H,5-9,17H2,1-2H3. The van der Waals surface area contributed by atoms with Crippen LogP contribution in [0.3, 0.4) is 0 Å². The van der Waals surface area contributed by atoms with Crippen molar-refractivity contribution in [2.75, 3.05) is 31.1 Å². The Morgan fingerprint density at radius 2 is 1.74 bits per heavy atom. The summed E-state index contributed by atoms with van der Waals surface area (Å²) in [4.78, 5) is 4.23. The van der Waals surface area contributed by atoms with Gasteiger partial charge >= 0.3 is 0 Å². The van der Waals surface area contributed by atoms with Gasteiger partial charge in [0.15, 0.2) is 11.6 Å². The van der Waals surface area contributed by atoms with Crippen LogP contribution >= 0.6 is 0 Å². The lowest BCUT2D eigenvalue weighted by Crippen LogP contribution is -2.49. The van der Waals surface area contributed by atoms with Crippen molar-refractivity contribution in [1.82, 2.24) is 4.90 Å². The lowest BCUT2D eigenvalue weighted by Gasteiger charge is -2.38. The van der Waals surface area contributed by atoms with E-state index in [1.54, 1.807) is 12.1 Å². The minimum absolute atomic E-state index is 0.0180. The molecule has 0 spiro atoms. The van der Waals surface area contributed by atoms with Crippen molar-refractivity contribution in [3.05, 3.63) is 29.3 Å². The summed E-state index contributed by atoms with van der Waals surface area (Å²) >= 11 is 0. The molecule has 1 fully saturated rings. The predicted octanol–water partition coefficient (Wildman–Crippen LogP) is 1.95. The molecule has 1 saturated heterocycles. The number of rotatable bonds is 3. The molecule has 5 heteroatoms. The van der Waals surface area contributed by atoms with Gasteiger partial charge in [0.2, 0.25) is 0 Å². The summed E-state index contributed by atoms with van der Waals surface area (Å²) < 4.78 is 27.7. The van der Waals surface area contributed by atoms with Gasteiger partial charge in [-0.05, 0) is 19.9 Å². The molecule has 19 heavy (non-hydrogen) atoms. The lowest BCUT2D eigenvalue weighted by atomic mass is 10.1. The smallest absolute Gasteiger partial charge is 0.182 e. The topological polar surface area (TPSA) is 32.5 Å². The Kier molecular flexibility index (Phi) is 4.37. The molecular formula is C14H21F2N3. The van der Waals surface area contributed by atoms with Crippen LogP contribution in [0.1, 0.15) is 19.4 Å². The third-order valence-electron chi connectivity index (χ3n) is 3.75. The van der Waals surface area contributed by atoms with Crippen molar-refractivity contribution in [3.8, 4) is 0 Å². The maximum absolute atomic E-state index is 14.0. The van der Waals surface area contributed by atoms with Gasteiger partial charge in [0.05, 0.1) is 5.69 Å². The number of benzene rings is 1. The number of hydrogen-bond acceptors (Lipinski definition) is 3. The number of nitrogens with two attached hydrogens (primary N) is 1. The fourth-order valence-electron chi connectivity index (χ4n) is 2.46. The number of halogens is 2. The van der Waals surface area contributed by atoms with Gasteiger partial charge in [-0.3, -0.25) is 4.90 Å². The van der Waals surface area contributed by atoms with Crippen molar-refractivity contribution >= 4 is 5.69 Å². The minimum atomic E-state index is -0.814. The molecule has 2 rings (SSSR count). The highest BCUT2D eigenvalue weighted by Crippen LogP contribution is 2.25. The van der Waals surface area contributed by atoms with Gasteiger partial charge in [-0.25, -0.2) is 8.78 Å². The van der Waals surface area contributed by atoms with Gasteiger partial charge in [-0.1, -0.05) is 6.07 Å². The first kappa shape index (κ1) is 14.2. The van der Waals surface area contributed by atoms with Crippen molar-refractivity contribution in [2.24, 2.45) is 5.73 Å². The highest BCUT2D eigenvalue weighted by atomic mass is 19.2. The highest BCUT2D eigenvalue weighted by molar-refractivity contribution is 5.50. The maximum atomic E-state index is 14.0. The summed E-state index contributed by atoms with van der Waals surface area (Å²) in [5.41, 5.74) is 5.94. The van der Waals surface area contributed by atoms with Crippen molar-refractivity contribution in [1.29, 1.82) is 0 Å². The van der Waals surface area contributed by atoms with E-state index in [9.17, 15) is 8.78 Å². The fraction of sp³-hybridized carbons (Fsp3) is 0.571. The second-order valence-electron chi connectivity index (χ2n) is 5.19. The molecule has 0 unspecified atom stereocenters. The summed E-state index contributed by atoms with van der Waals surface area (Å²) in [6, 6.07) is 3.69. The first-order valence-electron chi connectivity index (χ1n) is 6.70. The average Bonchev–Trinajstić information content (AvgIpc) is 2.42. The Balaban J connectivity index is 2.14. The van der Waals surface area contributed by atoms with Crippen LogP contribution in [0.4, 0.5) is 14.5 Å². The molecule has 0 radical (unpaired) electrons. The quantitative estimate of drug-likeness (QED) is 0.910. The average molecular weight is 269 g/mol. The van der Waals surface area contributed by atoms with E-state index in [4.69, 9.17) is 5.73 Å². The predicted molar refractivity (Wildman–Crippen MR) is 73.2 cm³/mol. The Labute approximate surface area is 113 Å².